The lowest BCUT2D eigenvalue weighted by atomic mass is 9.84. The molecule has 0 radical (unpaired) electrons. The molecule has 4 nitrogen and oxygen atoms in total. The first-order valence-corrected chi connectivity index (χ1v) is 5.85. The lowest BCUT2D eigenvalue weighted by molar-refractivity contribution is -0.142. The van der Waals surface area contributed by atoms with Crippen LogP contribution in [0.25, 0.3) is 10.9 Å². The first-order chi connectivity index (χ1) is 8.39. The highest BCUT2D eigenvalue weighted by molar-refractivity contribution is 6.35. The Bertz CT molecular complexity index is 616. The molecule has 1 aromatic heterocycles. The Morgan fingerprint density at radius 2 is 2.11 bits per heavy atom. The fourth-order valence-corrected chi connectivity index (χ4v) is 2.17. The Morgan fingerprint density at radius 3 is 2.67 bits per heavy atom. The second-order valence-corrected chi connectivity index (χ2v) is 5.04. The number of H-pyrrole nitrogens is 1. The highest BCUT2D eigenvalue weighted by Gasteiger charge is 2.33. The predicted octanol–water partition coefficient (Wildman–Crippen LogP) is 3.19. The quantitative estimate of drug-likeness (QED) is 0.898. The van der Waals surface area contributed by atoms with Gasteiger partial charge in [-0.2, -0.15) is 0 Å². The van der Waals surface area contributed by atoms with E-state index in [4.69, 9.17) is 16.3 Å². The van der Waals surface area contributed by atoms with E-state index in [1.165, 1.54) is 0 Å². The summed E-state index contributed by atoms with van der Waals surface area (Å²) in [5.74, 6) is -0.287. The number of hydrogen-bond donors (Lipinski definition) is 2. The summed E-state index contributed by atoms with van der Waals surface area (Å²) in [6, 6.07) is 3.46. The number of fused-ring (bicyclic) bond motifs is 1. The summed E-state index contributed by atoms with van der Waals surface area (Å²) in [6.07, 6.45) is 1.67. The minimum atomic E-state index is -1.02. The van der Waals surface area contributed by atoms with Crippen LogP contribution in [0, 0.1) is 0 Å². The standard InChI is InChI=1S/C13H14ClNO3/c1-13(2,12(16)17)7-6-15-11-8(14)4-5-9(18-3)10(7)11/h4-6,15H,1-3H3,(H,16,17). The van der Waals surface area contributed by atoms with Crippen LogP contribution >= 0.6 is 11.6 Å². The Hall–Kier alpha value is -1.68. The number of rotatable bonds is 3. The van der Waals surface area contributed by atoms with E-state index in [9.17, 15) is 9.90 Å². The van der Waals surface area contributed by atoms with Crippen LogP contribution in [0.5, 0.6) is 5.75 Å². The topological polar surface area (TPSA) is 62.3 Å². The molecule has 0 unspecified atom stereocenters. The van der Waals surface area contributed by atoms with Gasteiger partial charge in [-0.1, -0.05) is 11.6 Å². The number of methoxy groups -OCH3 is 1. The average molecular weight is 268 g/mol. The van der Waals surface area contributed by atoms with Gasteiger partial charge in [-0.15, -0.1) is 0 Å². The number of carbonyl (C=O) groups is 1. The van der Waals surface area contributed by atoms with E-state index < -0.39 is 11.4 Å². The molecule has 2 rings (SSSR count). The Morgan fingerprint density at radius 1 is 1.44 bits per heavy atom. The summed E-state index contributed by atoms with van der Waals surface area (Å²) >= 11 is 6.09. The SMILES string of the molecule is COc1ccc(Cl)c2[nH]cc(C(C)(C)C(=O)O)c12. The molecule has 2 N–H and O–H groups in total. The molecule has 0 aliphatic rings. The van der Waals surface area contributed by atoms with E-state index in [0.29, 0.717) is 21.9 Å². The highest BCUT2D eigenvalue weighted by atomic mass is 35.5. The van der Waals surface area contributed by atoms with Crippen molar-refractivity contribution in [3.05, 3.63) is 28.9 Å². The number of halogens is 1. The number of aliphatic carboxylic acids is 1. The van der Waals surface area contributed by atoms with Crippen LogP contribution < -0.4 is 4.74 Å². The molecule has 5 heteroatoms. The first kappa shape index (κ1) is 12.8. The second kappa shape index (κ2) is 4.21. The van der Waals surface area contributed by atoms with Gasteiger partial charge in [0.25, 0.3) is 0 Å². The minimum Gasteiger partial charge on any atom is -0.496 e. The molecule has 18 heavy (non-hydrogen) atoms. The summed E-state index contributed by atoms with van der Waals surface area (Å²) in [4.78, 5) is 14.4. The van der Waals surface area contributed by atoms with Gasteiger partial charge < -0.3 is 14.8 Å². The van der Waals surface area contributed by atoms with E-state index in [2.05, 4.69) is 4.98 Å². The van der Waals surface area contributed by atoms with Crippen LogP contribution in [0.2, 0.25) is 5.02 Å². The van der Waals surface area contributed by atoms with E-state index >= 15 is 0 Å². The van der Waals surface area contributed by atoms with Gasteiger partial charge in [-0.05, 0) is 31.5 Å². The zero-order valence-corrected chi connectivity index (χ0v) is 11.1. The van der Waals surface area contributed by atoms with Gasteiger partial charge in [0.05, 0.1) is 23.1 Å². The van der Waals surface area contributed by atoms with Crippen LogP contribution in [-0.4, -0.2) is 23.2 Å². The number of carboxylic acid groups (broad SMARTS) is 1. The fraction of sp³-hybridized carbons (Fsp3) is 0.308. The summed E-state index contributed by atoms with van der Waals surface area (Å²) in [6.45, 7) is 3.30. The van der Waals surface area contributed by atoms with Gasteiger partial charge in [0.1, 0.15) is 5.75 Å². The zero-order valence-electron chi connectivity index (χ0n) is 10.4. The Balaban J connectivity index is 2.82. The van der Waals surface area contributed by atoms with Crippen molar-refractivity contribution in [3.63, 3.8) is 0 Å². The van der Waals surface area contributed by atoms with Crippen molar-refractivity contribution in [2.75, 3.05) is 7.11 Å². The maximum atomic E-state index is 11.4. The van der Waals surface area contributed by atoms with Crippen molar-refractivity contribution in [1.29, 1.82) is 0 Å². The molecular weight excluding hydrogens is 254 g/mol. The summed E-state index contributed by atoms with van der Waals surface area (Å²) in [5.41, 5.74) is 0.334. The molecule has 1 heterocycles. The molecule has 0 bridgehead atoms. The molecule has 0 amide bonds. The summed E-state index contributed by atoms with van der Waals surface area (Å²) in [5, 5.41) is 10.6. The molecule has 0 spiro atoms. The third-order valence-electron chi connectivity index (χ3n) is 3.17. The largest absolute Gasteiger partial charge is 0.496 e. The third-order valence-corrected chi connectivity index (χ3v) is 3.49. The smallest absolute Gasteiger partial charge is 0.313 e. The Kier molecular flexibility index (Phi) is 2.99. The molecule has 0 aliphatic heterocycles. The van der Waals surface area contributed by atoms with Crippen LogP contribution in [0.1, 0.15) is 19.4 Å². The van der Waals surface area contributed by atoms with Crippen LogP contribution in [0.3, 0.4) is 0 Å². The molecule has 0 atom stereocenters. The van der Waals surface area contributed by atoms with Crippen molar-refractivity contribution in [1.82, 2.24) is 4.98 Å². The van der Waals surface area contributed by atoms with Crippen molar-refractivity contribution in [3.8, 4) is 5.75 Å². The van der Waals surface area contributed by atoms with E-state index in [1.807, 2.05) is 0 Å². The van der Waals surface area contributed by atoms with Gasteiger partial charge in [0.15, 0.2) is 0 Å². The fourth-order valence-electron chi connectivity index (χ4n) is 1.96. The average Bonchev–Trinajstić information content (AvgIpc) is 2.75. The maximum Gasteiger partial charge on any atom is 0.313 e. The number of hydrogen-bond acceptors (Lipinski definition) is 2. The monoisotopic (exact) mass is 267 g/mol. The summed E-state index contributed by atoms with van der Waals surface area (Å²) in [7, 11) is 1.55. The van der Waals surface area contributed by atoms with E-state index in [0.717, 1.165) is 5.39 Å². The summed E-state index contributed by atoms with van der Waals surface area (Å²) < 4.78 is 5.28. The molecule has 0 aliphatic carbocycles. The number of nitrogens with one attached hydrogen (secondary N) is 1. The van der Waals surface area contributed by atoms with Gasteiger partial charge in [-0.3, -0.25) is 4.79 Å². The molecule has 96 valence electrons. The van der Waals surface area contributed by atoms with E-state index in [-0.39, 0.29) is 0 Å². The lowest BCUT2D eigenvalue weighted by Gasteiger charge is -2.19. The van der Waals surface area contributed by atoms with Crippen LogP contribution in [0.15, 0.2) is 18.3 Å². The Labute approximate surface area is 110 Å². The lowest BCUT2D eigenvalue weighted by Crippen LogP contribution is -2.28. The van der Waals surface area contributed by atoms with E-state index in [1.54, 1.807) is 39.3 Å². The molecule has 2 aromatic rings. The van der Waals surface area contributed by atoms with Crippen molar-refractivity contribution < 1.29 is 14.6 Å². The normalized spacial score (nSPS) is 11.8. The molecule has 0 fully saturated rings. The molecule has 1 aromatic carbocycles. The zero-order chi connectivity index (χ0) is 13.5. The molecule has 0 saturated heterocycles. The van der Waals surface area contributed by atoms with Crippen LogP contribution in [0.4, 0.5) is 0 Å². The second-order valence-electron chi connectivity index (χ2n) is 4.63. The maximum absolute atomic E-state index is 11.4. The number of aromatic nitrogens is 1. The number of aromatic amines is 1. The number of ether oxygens (including phenoxy) is 1. The van der Waals surface area contributed by atoms with Crippen LogP contribution in [-0.2, 0) is 10.2 Å². The van der Waals surface area contributed by atoms with Crippen molar-refractivity contribution in [2.24, 2.45) is 0 Å². The van der Waals surface area contributed by atoms with Gasteiger partial charge in [-0.25, -0.2) is 0 Å². The van der Waals surface area contributed by atoms with Crippen molar-refractivity contribution >= 4 is 28.5 Å². The number of carboxylic acids is 1. The highest BCUT2D eigenvalue weighted by Crippen LogP contribution is 2.39. The number of benzene rings is 1. The first-order valence-electron chi connectivity index (χ1n) is 5.47. The van der Waals surface area contributed by atoms with Crippen molar-refractivity contribution in [2.45, 2.75) is 19.3 Å². The third kappa shape index (κ3) is 1.73. The van der Waals surface area contributed by atoms with Gasteiger partial charge in [0, 0.05) is 11.6 Å². The van der Waals surface area contributed by atoms with Gasteiger partial charge in [0.2, 0.25) is 0 Å². The molecular formula is C13H14ClNO3. The minimum absolute atomic E-state index is 0.540. The predicted molar refractivity (Wildman–Crippen MR) is 70.5 cm³/mol. The van der Waals surface area contributed by atoms with Gasteiger partial charge >= 0.3 is 5.97 Å². The molecule has 0 saturated carbocycles.